The molecule has 0 atom stereocenters. The van der Waals surface area contributed by atoms with Crippen LogP contribution in [0.2, 0.25) is 0 Å². The van der Waals surface area contributed by atoms with E-state index in [1.54, 1.807) is 6.07 Å². The zero-order valence-electron chi connectivity index (χ0n) is 14.0. The lowest BCUT2D eigenvalue weighted by molar-refractivity contribution is 0.0761. The van der Waals surface area contributed by atoms with Gasteiger partial charge in [0.25, 0.3) is 5.91 Å². The second-order valence-corrected chi connectivity index (χ2v) is 6.35. The van der Waals surface area contributed by atoms with Gasteiger partial charge in [-0.15, -0.1) is 0 Å². The summed E-state index contributed by atoms with van der Waals surface area (Å²) in [6.45, 7) is 4.62. The summed E-state index contributed by atoms with van der Waals surface area (Å²) in [5.74, 6) is 0.0900. The first-order valence-corrected chi connectivity index (χ1v) is 8.63. The fourth-order valence-electron chi connectivity index (χ4n) is 3.18. The molecule has 1 aliphatic heterocycles. The van der Waals surface area contributed by atoms with Crippen LogP contribution in [-0.2, 0) is 6.42 Å². The van der Waals surface area contributed by atoms with Crippen LogP contribution < -0.4 is 5.73 Å². The van der Waals surface area contributed by atoms with Gasteiger partial charge < -0.3 is 15.5 Å². The number of anilines is 1. The van der Waals surface area contributed by atoms with Crippen molar-refractivity contribution in [3.63, 3.8) is 0 Å². The fourth-order valence-corrected chi connectivity index (χ4v) is 3.18. The van der Waals surface area contributed by atoms with Gasteiger partial charge in [-0.1, -0.05) is 36.4 Å². The van der Waals surface area contributed by atoms with Crippen molar-refractivity contribution < 1.29 is 4.79 Å². The number of hydrogen-bond donors (Lipinski definition) is 1. The Kier molecular flexibility index (Phi) is 5.49. The van der Waals surface area contributed by atoms with Crippen LogP contribution in [0.4, 0.5) is 5.69 Å². The lowest BCUT2D eigenvalue weighted by Gasteiger charge is -2.22. The second-order valence-electron chi connectivity index (χ2n) is 6.35. The summed E-state index contributed by atoms with van der Waals surface area (Å²) in [6, 6.07) is 17.8. The number of nitrogen functional groups attached to an aromatic ring is 1. The van der Waals surface area contributed by atoms with Gasteiger partial charge in [-0.05, 0) is 43.1 Å². The number of hydrogen-bond acceptors (Lipinski definition) is 3. The van der Waals surface area contributed by atoms with E-state index in [0.29, 0.717) is 11.3 Å². The van der Waals surface area contributed by atoms with E-state index in [1.807, 2.05) is 23.1 Å². The van der Waals surface area contributed by atoms with Gasteiger partial charge in [-0.25, -0.2) is 0 Å². The number of carbonyl (C=O) groups is 1. The van der Waals surface area contributed by atoms with Crippen LogP contribution in [0.25, 0.3) is 0 Å². The average Bonchev–Trinajstić information content (AvgIpc) is 2.86. The van der Waals surface area contributed by atoms with Crippen LogP contribution in [0.15, 0.2) is 54.6 Å². The minimum atomic E-state index is 0.0900. The van der Waals surface area contributed by atoms with Gasteiger partial charge in [0, 0.05) is 37.4 Å². The summed E-state index contributed by atoms with van der Waals surface area (Å²) < 4.78 is 0. The quantitative estimate of drug-likeness (QED) is 0.880. The molecular weight excluding hydrogens is 298 g/mol. The molecule has 0 aliphatic carbocycles. The summed E-state index contributed by atoms with van der Waals surface area (Å²) in [7, 11) is 0. The van der Waals surface area contributed by atoms with Crippen LogP contribution in [0.3, 0.4) is 0 Å². The molecule has 4 nitrogen and oxygen atoms in total. The van der Waals surface area contributed by atoms with Gasteiger partial charge in [0.05, 0.1) is 0 Å². The molecule has 1 heterocycles. The summed E-state index contributed by atoms with van der Waals surface area (Å²) in [5.41, 5.74) is 8.49. The normalized spacial score (nSPS) is 15.9. The lowest BCUT2D eigenvalue weighted by atomic mass is 10.1. The number of rotatable bonds is 4. The van der Waals surface area contributed by atoms with Crippen molar-refractivity contribution in [1.29, 1.82) is 0 Å². The largest absolute Gasteiger partial charge is 0.399 e. The molecule has 126 valence electrons. The second kappa shape index (κ2) is 7.97. The highest BCUT2D eigenvalue weighted by Gasteiger charge is 2.20. The third-order valence-electron chi connectivity index (χ3n) is 4.57. The predicted octanol–water partition coefficient (Wildman–Crippen LogP) is 2.66. The number of nitrogens with two attached hydrogens (primary N) is 1. The van der Waals surface area contributed by atoms with Gasteiger partial charge in [0.2, 0.25) is 0 Å². The molecule has 24 heavy (non-hydrogen) atoms. The molecule has 2 aromatic carbocycles. The average molecular weight is 323 g/mol. The first kappa shape index (κ1) is 16.5. The molecular formula is C20H25N3O. The van der Waals surface area contributed by atoms with Gasteiger partial charge in [0.1, 0.15) is 0 Å². The van der Waals surface area contributed by atoms with Crippen molar-refractivity contribution >= 4 is 11.6 Å². The molecule has 0 aromatic heterocycles. The first-order valence-electron chi connectivity index (χ1n) is 8.63. The highest BCUT2D eigenvalue weighted by atomic mass is 16.2. The molecule has 0 bridgehead atoms. The Labute approximate surface area is 143 Å². The van der Waals surface area contributed by atoms with Gasteiger partial charge in [-0.2, -0.15) is 0 Å². The Hall–Kier alpha value is -2.33. The zero-order chi connectivity index (χ0) is 16.8. The molecule has 1 saturated heterocycles. The van der Waals surface area contributed by atoms with Crippen molar-refractivity contribution in [2.45, 2.75) is 12.8 Å². The molecule has 0 spiro atoms. The van der Waals surface area contributed by atoms with E-state index in [1.165, 1.54) is 5.56 Å². The fraction of sp³-hybridized carbons (Fsp3) is 0.350. The summed E-state index contributed by atoms with van der Waals surface area (Å²) >= 11 is 0. The highest BCUT2D eigenvalue weighted by Crippen LogP contribution is 2.12. The van der Waals surface area contributed by atoms with Crippen LogP contribution in [-0.4, -0.2) is 48.4 Å². The Morgan fingerprint density at radius 2 is 1.79 bits per heavy atom. The third-order valence-corrected chi connectivity index (χ3v) is 4.57. The van der Waals surface area contributed by atoms with Crippen LogP contribution >= 0.6 is 0 Å². The minimum absolute atomic E-state index is 0.0900. The molecule has 2 N–H and O–H groups in total. The SMILES string of the molecule is Nc1cccc(C(=O)N2CCCN(CCc3ccccc3)CC2)c1. The van der Waals surface area contributed by atoms with Crippen molar-refractivity contribution in [3.05, 3.63) is 65.7 Å². The third kappa shape index (κ3) is 4.36. The number of carbonyl (C=O) groups excluding carboxylic acids is 1. The first-order chi connectivity index (χ1) is 11.7. The Bertz CT molecular complexity index is 672. The van der Waals surface area contributed by atoms with E-state index in [-0.39, 0.29) is 5.91 Å². The summed E-state index contributed by atoms with van der Waals surface area (Å²) in [6.07, 6.45) is 2.08. The van der Waals surface area contributed by atoms with E-state index >= 15 is 0 Å². The Morgan fingerprint density at radius 1 is 0.958 bits per heavy atom. The Balaban J connectivity index is 1.54. The molecule has 4 heteroatoms. The lowest BCUT2D eigenvalue weighted by Crippen LogP contribution is -2.35. The number of benzene rings is 2. The molecule has 0 saturated carbocycles. The minimum Gasteiger partial charge on any atom is -0.399 e. The van der Waals surface area contributed by atoms with Crippen molar-refractivity contribution in [3.8, 4) is 0 Å². The number of amides is 1. The molecule has 2 aromatic rings. The van der Waals surface area contributed by atoms with E-state index in [0.717, 1.165) is 45.6 Å². The van der Waals surface area contributed by atoms with Gasteiger partial charge in [-0.3, -0.25) is 4.79 Å². The maximum Gasteiger partial charge on any atom is 0.253 e. The summed E-state index contributed by atoms with van der Waals surface area (Å²) in [5, 5.41) is 0. The molecule has 1 aliphatic rings. The van der Waals surface area contributed by atoms with E-state index in [2.05, 4.69) is 35.2 Å². The molecule has 1 fully saturated rings. The van der Waals surface area contributed by atoms with Gasteiger partial charge in [0.15, 0.2) is 0 Å². The Morgan fingerprint density at radius 3 is 2.58 bits per heavy atom. The van der Waals surface area contributed by atoms with E-state index in [9.17, 15) is 4.79 Å². The van der Waals surface area contributed by atoms with Crippen LogP contribution in [0, 0.1) is 0 Å². The maximum absolute atomic E-state index is 12.6. The molecule has 0 unspecified atom stereocenters. The molecule has 1 amide bonds. The zero-order valence-corrected chi connectivity index (χ0v) is 14.0. The highest BCUT2D eigenvalue weighted by molar-refractivity contribution is 5.95. The van der Waals surface area contributed by atoms with Crippen LogP contribution in [0.5, 0.6) is 0 Å². The molecule has 0 radical (unpaired) electrons. The topological polar surface area (TPSA) is 49.6 Å². The summed E-state index contributed by atoms with van der Waals surface area (Å²) in [4.78, 5) is 17.1. The maximum atomic E-state index is 12.6. The predicted molar refractivity (Wildman–Crippen MR) is 98.0 cm³/mol. The standard InChI is InChI=1S/C20H25N3O/c21-19-9-4-8-18(16-19)20(24)23-12-5-11-22(14-15-23)13-10-17-6-2-1-3-7-17/h1-4,6-9,16H,5,10-15,21H2. The van der Waals surface area contributed by atoms with Crippen molar-refractivity contribution in [1.82, 2.24) is 9.80 Å². The van der Waals surface area contributed by atoms with E-state index < -0.39 is 0 Å². The van der Waals surface area contributed by atoms with Crippen molar-refractivity contribution in [2.75, 3.05) is 38.5 Å². The van der Waals surface area contributed by atoms with Gasteiger partial charge >= 0.3 is 0 Å². The monoisotopic (exact) mass is 323 g/mol. The van der Waals surface area contributed by atoms with Crippen molar-refractivity contribution in [2.24, 2.45) is 0 Å². The smallest absolute Gasteiger partial charge is 0.253 e. The van der Waals surface area contributed by atoms with Crippen LogP contribution in [0.1, 0.15) is 22.3 Å². The molecule has 3 rings (SSSR count). The number of nitrogens with zero attached hydrogens (tertiary/aromatic N) is 2. The van der Waals surface area contributed by atoms with E-state index in [4.69, 9.17) is 5.73 Å².